The number of imidazole rings is 1. The third kappa shape index (κ3) is 4.66. The molecule has 0 atom stereocenters. The van der Waals surface area contributed by atoms with Gasteiger partial charge in [-0.1, -0.05) is 20.8 Å². The first-order valence-electron chi connectivity index (χ1n) is 7.44. The number of nitrogens with zero attached hydrogens (tertiary/aromatic N) is 1. The quantitative estimate of drug-likeness (QED) is 0.786. The summed E-state index contributed by atoms with van der Waals surface area (Å²) in [7, 11) is 0. The number of aromatic amines is 1. The van der Waals surface area contributed by atoms with Crippen LogP contribution >= 0.6 is 11.3 Å². The van der Waals surface area contributed by atoms with E-state index in [9.17, 15) is 9.59 Å². The number of H-pyrrole nitrogens is 1. The average molecular weight is 334 g/mol. The third-order valence-corrected chi connectivity index (χ3v) is 4.21. The van der Waals surface area contributed by atoms with Crippen molar-refractivity contribution in [1.82, 2.24) is 15.3 Å². The molecule has 0 fully saturated rings. The molecule has 0 saturated heterocycles. The molecule has 0 aliphatic heterocycles. The fraction of sp³-hybridized carbons (Fsp3) is 0.438. The van der Waals surface area contributed by atoms with Gasteiger partial charge in [-0.15, -0.1) is 11.3 Å². The first kappa shape index (κ1) is 17.2. The molecule has 6 nitrogen and oxygen atoms in total. The molecule has 2 rings (SSSR count). The van der Waals surface area contributed by atoms with E-state index in [4.69, 9.17) is 0 Å². The number of carbonyl (C=O) groups excluding carboxylic acids is 2. The Morgan fingerprint density at radius 2 is 2.09 bits per heavy atom. The summed E-state index contributed by atoms with van der Waals surface area (Å²) in [6, 6.07) is 1.80. The van der Waals surface area contributed by atoms with Crippen molar-refractivity contribution >= 4 is 28.2 Å². The molecule has 0 spiro atoms. The molecule has 3 N–H and O–H groups in total. The molecule has 0 bridgehead atoms. The molecule has 0 unspecified atom stereocenters. The molecule has 2 heterocycles. The lowest BCUT2D eigenvalue weighted by Gasteiger charge is -2.17. The van der Waals surface area contributed by atoms with E-state index in [1.54, 1.807) is 18.6 Å². The Morgan fingerprint density at radius 1 is 1.35 bits per heavy atom. The van der Waals surface area contributed by atoms with E-state index in [-0.39, 0.29) is 11.8 Å². The van der Waals surface area contributed by atoms with Crippen LogP contribution in [0.2, 0.25) is 0 Å². The van der Waals surface area contributed by atoms with Crippen molar-refractivity contribution < 1.29 is 9.59 Å². The molecule has 0 radical (unpaired) electrons. The minimum Gasteiger partial charge on any atom is -0.352 e. The molecule has 2 amide bonds. The van der Waals surface area contributed by atoms with Crippen molar-refractivity contribution in [1.29, 1.82) is 0 Å². The van der Waals surface area contributed by atoms with Crippen molar-refractivity contribution in [3.8, 4) is 0 Å². The van der Waals surface area contributed by atoms with E-state index in [1.807, 2.05) is 27.7 Å². The van der Waals surface area contributed by atoms with Gasteiger partial charge in [0.15, 0.2) is 0 Å². The predicted octanol–water partition coefficient (Wildman–Crippen LogP) is 2.74. The fourth-order valence-electron chi connectivity index (χ4n) is 1.89. The van der Waals surface area contributed by atoms with Crippen LogP contribution in [0.5, 0.6) is 0 Å². The largest absolute Gasteiger partial charge is 0.352 e. The number of aryl methyl sites for hydroxylation is 1. The van der Waals surface area contributed by atoms with Gasteiger partial charge in [0.1, 0.15) is 5.00 Å². The lowest BCUT2D eigenvalue weighted by atomic mass is 9.96. The zero-order valence-electron chi connectivity index (χ0n) is 13.8. The van der Waals surface area contributed by atoms with Crippen LogP contribution in [0.15, 0.2) is 18.6 Å². The van der Waals surface area contributed by atoms with Crippen molar-refractivity contribution in [2.24, 2.45) is 5.41 Å². The number of hydrogen-bond acceptors (Lipinski definition) is 4. The number of hydrogen-bond donors (Lipinski definition) is 3. The highest BCUT2D eigenvalue weighted by Crippen LogP contribution is 2.29. The number of rotatable bonds is 5. The maximum atomic E-state index is 12.4. The van der Waals surface area contributed by atoms with Crippen LogP contribution in [-0.2, 0) is 11.2 Å². The van der Waals surface area contributed by atoms with Gasteiger partial charge in [-0.05, 0) is 13.0 Å². The average Bonchev–Trinajstić information content (AvgIpc) is 3.07. The van der Waals surface area contributed by atoms with Crippen LogP contribution in [0.25, 0.3) is 0 Å². The highest BCUT2D eigenvalue weighted by atomic mass is 32.1. The number of amides is 2. The van der Waals surface area contributed by atoms with E-state index in [0.29, 0.717) is 23.5 Å². The van der Waals surface area contributed by atoms with Gasteiger partial charge in [0.25, 0.3) is 5.91 Å². The molecule has 2 aromatic heterocycles. The third-order valence-electron chi connectivity index (χ3n) is 3.24. The van der Waals surface area contributed by atoms with Gasteiger partial charge < -0.3 is 15.6 Å². The van der Waals surface area contributed by atoms with Gasteiger partial charge in [-0.25, -0.2) is 4.98 Å². The summed E-state index contributed by atoms with van der Waals surface area (Å²) in [5.74, 6) is -0.288. The van der Waals surface area contributed by atoms with Crippen LogP contribution in [-0.4, -0.2) is 28.3 Å². The van der Waals surface area contributed by atoms with E-state index in [0.717, 1.165) is 10.6 Å². The molecule has 7 heteroatoms. The maximum absolute atomic E-state index is 12.4. The highest BCUT2D eigenvalue weighted by molar-refractivity contribution is 7.16. The minimum absolute atomic E-state index is 0.106. The lowest BCUT2D eigenvalue weighted by Crippen LogP contribution is -2.30. The van der Waals surface area contributed by atoms with E-state index >= 15 is 0 Å². The SMILES string of the molecule is Cc1cc(C(=O)NCCc2cnc[nH]2)c(NC(=O)C(C)(C)C)s1. The van der Waals surface area contributed by atoms with Crippen molar-refractivity contribution in [2.45, 2.75) is 34.1 Å². The molecule has 0 saturated carbocycles. The molecular formula is C16H22N4O2S. The van der Waals surface area contributed by atoms with Gasteiger partial charge >= 0.3 is 0 Å². The summed E-state index contributed by atoms with van der Waals surface area (Å²) in [5.41, 5.74) is 0.967. The van der Waals surface area contributed by atoms with Crippen LogP contribution in [0.4, 0.5) is 5.00 Å². The van der Waals surface area contributed by atoms with Crippen LogP contribution in [0.3, 0.4) is 0 Å². The Kier molecular flexibility index (Phi) is 5.20. The number of anilines is 1. The first-order valence-corrected chi connectivity index (χ1v) is 8.26. The Morgan fingerprint density at radius 3 is 2.70 bits per heavy atom. The fourth-order valence-corrected chi connectivity index (χ4v) is 2.80. The van der Waals surface area contributed by atoms with Crippen LogP contribution < -0.4 is 10.6 Å². The number of thiophene rings is 1. The van der Waals surface area contributed by atoms with Crippen LogP contribution in [0, 0.1) is 12.3 Å². The molecule has 124 valence electrons. The van der Waals surface area contributed by atoms with Crippen molar-refractivity contribution in [3.05, 3.63) is 34.7 Å². The second kappa shape index (κ2) is 6.95. The Hall–Kier alpha value is -2.15. The zero-order chi connectivity index (χ0) is 17.0. The molecule has 2 aromatic rings. The van der Waals surface area contributed by atoms with Gasteiger partial charge in [0, 0.05) is 35.1 Å². The summed E-state index contributed by atoms with van der Waals surface area (Å²) in [4.78, 5) is 32.4. The monoisotopic (exact) mass is 334 g/mol. The molecule has 23 heavy (non-hydrogen) atoms. The second-order valence-corrected chi connectivity index (χ2v) is 7.64. The normalized spacial score (nSPS) is 11.3. The highest BCUT2D eigenvalue weighted by Gasteiger charge is 2.24. The zero-order valence-corrected chi connectivity index (χ0v) is 14.6. The van der Waals surface area contributed by atoms with E-state index in [1.165, 1.54) is 11.3 Å². The molecule has 0 aliphatic carbocycles. The van der Waals surface area contributed by atoms with Gasteiger partial charge in [0.05, 0.1) is 11.9 Å². The molecule has 0 aliphatic rings. The lowest BCUT2D eigenvalue weighted by molar-refractivity contribution is -0.123. The number of carbonyl (C=O) groups is 2. The Labute approximate surface area is 139 Å². The van der Waals surface area contributed by atoms with E-state index < -0.39 is 5.41 Å². The minimum atomic E-state index is -0.508. The van der Waals surface area contributed by atoms with Crippen molar-refractivity contribution in [2.75, 3.05) is 11.9 Å². The first-order chi connectivity index (χ1) is 10.8. The molecule has 0 aromatic carbocycles. The van der Waals surface area contributed by atoms with Gasteiger partial charge in [0.2, 0.25) is 5.91 Å². The van der Waals surface area contributed by atoms with Gasteiger partial charge in [-0.2, -0.15) is 0 Å². The Bertz CT molecular complexity index is 683. The van der Waals surface area contributed by atoms with Gasteiger partial charge in [-0.3, -0.25) is 9.59 Å². The molecular weight excluding hydrogens is 312 g/mol. The predicted molar refractivity (Wildman–Crippen MR) is 91.8 cm³/mol. The number of aromatic nitrogens is 2. The summed E-state index contributed by atoms with van der Waals surface area (Å²) in [6.45, 7) is 7.94. The smallest absolute Gasteiger partial charge is 0.254 e. The summed E-state index contributed by atoms with van der Waals surface area (Å²) >= 11 is 1.41. The van der Waals surface area contributed by atoms with Crippen LogP contribution in [0.1, 0.15) is 41.7 Å². The number of nitrogens with one attached hydrogen (secondary N) is 3. The maximum Gasteiger partial charge on any atom is 0.254 e. The Balaban J connectivity index is 2.01. The summed E-state index contributed by atoms with van der Waals surface area (Å²) in [5, 5.41) is 6.33. The second-order valence-electron chi connectivity index (χ2n) is 6.39. The summed E-state index contributed by atoms with van der Waals surface area (Å²) in [6.07, 6.45) is 4.02. The topological polar surface area (TPSA) is 86.9 Å². The standard InChI is InChI=1S/C16H22N4O2S/c1-10-7-12(14(23-10)20-15(22)16(2,3)4)13(21)18-6-5-11-8-17-9-19-11/h7-9H,5-6H2,1-4H3,(H,17,19)(H,18,21)(H,20,22). The summed E-state index contributed by atoms with van der Waals surface area (Å²) < 4.78 is 0. The van der Waals surface area contributed by atoms with Crippen molar-refractivity contribution in [3.63, 3.8) is 0 Å². The van der Waals surface area contributed by atoms with E-state index in [2.05, 4.69) is 20.6 Å².